The third-order valence-electron chi connectivity index (χ3n) is 5.16. The van der Waals surface area contributed by atoms with Gasteiger partial charge in [0.05, 0.1) is 18.2 Å². The quantitative estimate of drug-likeness (QED) is 0.557. The van der Waals surface area contributed by atoms with E-state index in [1.165, 1.54) is 0 Å². The molecule has 154 valence electrons. The average Bonchev–Trinajstić information content (AvgIpc) is 3.12. The summed E-state index contributed by atoms with van der Waals surface area (Å²) in [5.41, 5.74) is 3.73. The summed E-state index contributed by atoms with van der Waals surface area (Å²) < 4.78 is 10.6. The van der Waals surface area contributed by atoms with Crippen LogP contribution in [0.2, 0.25) is 0 Å². The van der Waals surface area contributed by atoms with E-state index < -0.39 is 25.0 Å². The maximum atomic E-state index is 12.9. The molecule has 30 heavy (non-hydrogen) atoms. The van der Waals surface area contributed by atoms with Gasteiger partial charge in [-0.25, -0.2) is 4.79 Å². The van der Waals surface area contributed by atoms with Crippen LogP contribution < -0.4 is 10.8 Å². The molecule has 1 amide bonds. The molecule has 0 fully saturated rings. The summed E-state index contributed by atoms with van der Waals surface area (Å²) in [6, 6.07) is 11.4. The summed E-state index contributed by atoms with van der Waals surface area (Å²) in [6.07, 6.45) is 0. The van der Waals surface area contributed by atoms with Crippen LogP contribution in [0, 0.1) is 24.2 Å². The van der Waals surface area contributed by atoms with Gasteiger partial charge in [0.2, 0.25) is 0 Å². The highest BCUT2D eigenvalue weighted by molar-refractivity contribution is 6.62. The van der Waals surface area contributed by atoms with Gasteiger partial charge in [0, 0.05) is 5.56 Å². The predicted octanol–water partition coefficient (Wildman–Crippen LogP) is 1.58. The van der Waals surface area contributed by atoms with Gasteiger partial charge in [-0.15, -0.1) is 0 Å². The maximum Gasteiger partial charge on any atom is 0.492 e. The van der Waals surface area contributed by atoms with Crippen molar-refractivity contribution < 1.29 is 24.0 Å². The van der Waals surface area contributed by atoms with Crippen molar-refractivity contribution >= 4 is 24.5 Å². The maximum absolute atomic E-state index is 12.9. The van der Waals surface area contributed by atoms with Crippen molar-refractivity contribution in [1.82, 2.24) is 5.32 Å². The molecule has 1 unspecified atom stereocenters. The zero-order valence-corrected chi connectivity index (χ0v) is 17.1. The van der Waals surface area contributed by atoms with Crippen molar-refractivity contribution in [2.75, 3.05) is 0 Å². The number of nitrogens with one attached hydrogen (secondary N) is 1. The number of hydrogen-bond acceptors (Lipinski definition) is 6. The zero-order chi connectivity index (χ0) is 21.8. The van der Waals surface area contributed by atoms with Crippen LogP contribution in [-0.2, 0) is 27.4 Å². The van der Waals surface area contributed by atoms with E-state index in [-0.39, 0.29) is 12.5 Å². The van der Waals surface area contributed by atoms with Gasteiger partial charge in [-0.05, 0) is 53.2 Å². The number of amides is 1. The number of carbonyl (C=O) groups excluding carboxylic acids is 2. The van der Waals surface area contributed by atoms with Gasteiger partial charge in [0.15, 0.2) is 0 Å². The van der Waals surface area contributed by atoms with Gasteiger partial charge in [-0.3, -0.25) is 4.79 Å². The van der Waals surface area contributed by atoms with E-state index in [0.29, 0.717) is 28.8 Å². The number of nitriles is 1. The highest BCUT2D eigenvalue weighted by Crippen LogP contribution is 2.17. The Morgan fingerprint density at radius 1 is 1.27 bits per heavy atom. The predicted molar refractivity (Wildman–Crippen MR) is 111 cm³/mol. The molecule has 0 radical (unpaired) electrons. The molecule has 3 rings (SSSR count). The fourth-order valence-corrected chi connectivity index (χ4v) is 3.39. The second-order valence-corrected chi connectivity index (χ2v) is 7.59. The van der Waals surface area contributed by atoms with Crippen LogP contribution in [-0.4, -0.2) is 30.1 Å². The van der Waals surface area contributed by atoms with Crippen LogP contribution >= 0.6 is 0 Å². The summed E-state index contributed by atoms with van der Waals surface area (Å²) >= 11 is 0. The minimum Gasteiger partial charge on any atom is -0.459 e. The van der Waals surface area contributed by atoms with Crippen molar-refractivity contribution in [3.8, 4) is 6.07 Å². The van der Waals surface area contributed by atoms with Crippen LogP contribution in [0.15, 0.2) is 36.4 Å². The van der Waals surface area contributed by atoms with Gasteiger partial charge in [-0.1, -0.05) is 32.0 Å². The van der Waals surface area contributed by atoms with Crippen molar-refractivity contribution in [1.29, 1.82) is 5.26 Å². The summed E-state index contributed by atoms with van der Waals surface area (Å²) in [6.45, 7) is 5.74. The first-order valence-electron chi connectivity index (χ1n) is 9.70. The Labute approximate surface area is 175 Å². The van der Waals surface area contributed by atoms with E-state index in [2.05, 4.69) is 5.32 Å². The summed E-state index contributed by atoms with van der Waals surface area (Å²) in [5.74, 6) is -1.14. The Hall–Kier alpha value is -3.15. The molecule has 1 aliphatic heterocycles. The fourth-order valence-electron chi connectivity index (χ4n) is 3.39. The molecule has 7 nitrogen and oxygen atoms in total. The minimum absolute atomic E-state index is 0.0467. The molecule has 1 aliphatic rings. The summed E-state index contributed by atoms with van der Waals surface area (Å²) in [5, 5.41) is 21.6. The van der Waals surface area contributed by atoms with Gasteiger partial charge >= 0.3 is 13.1 Å². The van der Waals surface area contributed by atoms with Crippen LogP contribution in [0.5, 0.6) is 0 Å². The van der Waals surface area contributed by atoms with Crippen molar-refractivity contribution in [2.45, 2.75) is 40.0 Å². The highest BCUT2D eigenvalue weighted by Gasteiger charge is 2.32. The monoisotopic (exact) mass is 406 g/mol. The Balaban J connectivity index is 1.69. The molecule has 1 atom stereocenters. The second kappa shape index (κ2) is 9.12. The van der Waals surface area contributed by atoms with E-state index in [9.17, 15) is 14.6 Å². The highest BCUT2D eigenvalue weighted by atomic mass is 16.5. The topological polar surface area (TPSA) is 109 Å². The van der Waals surface area contributed by atoms with Gasteiger partial charge in [0.25, 0.3) is 5.91 Å². The zero-order valence-electron chi connectivity index (χ0n) is 17.1. The molecule has 0 aromatic heterocycles. The largest absolute Gasteiger partial charge is 0.492 e. The van der Waals surface area contributed by atoms with E-state index in [4.69, 9.17) is 14.7 Å². The van der Waals surface area contributed by atoms with Crippen molar-refractivity contribution in [2.24, 2.45) is 5.92 Å². The lowest BCUT2D eigenvalue weighted by Crippen LogP contribution is -2.46. The average molecular weight is 406 g/mol. The minimum atomic E-state index is -1.05. The number of carbonyl (C=O) groups is 2. The molecule has 2 N–H and O–H groups in total. The molecule has 2 aromatic carbocycles. The molecule has 1 heterocycles. The molecular formula is C22H23BN2O5. The number of nitrogens with zero attached hydrogens (tertiary/aromatic N) is 1. The number of esters is 1. The van der Waals surface area contributed by atoms with E-state index in [0.717, 1.165) is 11.1 Å². The van der Waals surface area contributed by atoms with Crippen LogP contribution in [0.25, 0.3) is 0 Å². The van der Waals surface area contributed by atoms with E-state index >= 15 is 0 Å². The lowest BCUT2D eigenvalue weighted by Gasteiger charge is -2.22. The molecule has 0 spiro atoms. The Morgan fingerprint density at radius 2 is 1.97 bits per heavy atom. The van der Waals surface area contributed by atoms with Gasteiger partial charge in [-0.2, -0.15) is 5.26 Å². The standard InChI is InChI=1S/C22H23BN2O5/c1-13(2)20(22(27)29-11-16-6-4-15(10-24)5-7-16)25-21(26)18-9-8-17-12-30-23(28)19(17)14(18)3/h4-9,13,20,28H,11-12H2,1-3H3,(H,25,26). The third-order valence-corrected chi connectivity index (χ3v) is 5.16. The number of ether oxygens (including phenoxy) is 1. The molecule has 0 aliphatic carbocycles. The first kappa shape index (κ1) is 21.6. The van der Waals surface area contributed by atoms with E-state index in [1.54, 1.807) is 43.3 Å². The van der Waals surface area contributed by atoms with Crippen LogP contribution in [0.4, 0.5) is 0 Å². The first-order valence-corrected chi connectivity index (χ1v) is 9.70. The molecular weight excluding hydrogens is 383 g/mol. The van der Waals surface area contributed by atoms with E-state index in [1.807, 2.05) is 19.9 Å². The number of hydrogen-bond donors (Lipinski definition) is 2. The third kappa shape index (κ3) is 4.53. The Bertz CT molecular complexity index is 998. The Morgan fingerprint density at radius 3 is 2.60 bits per heavy atom. The molecule has 8 heteroatoms. The second-order valence-electron chi connectivity index (χ2n) is 7.59. The molecule has 0 bridgehead atoms. The Kier molecular flexibility index (Phi) is 6.55. The fraction of sp³-hybridized carbons (Fsp3) is 0.318. The number of benzene rings is 2. The van der Waals surface area contributed by atoms with Gasteiger partial charge < -0.3 is 19.7 Å². The number of fused-ring (bicyclic) bond motifs is 1. The van der Waals surface area contributed by atoms with Crippen molar-refractivity contribution in [3.05, 3.63) is 64.2 Å². The van der Waals surface area contributed by atoms with Gasteiger partial charge in [0.1, 0.15) is 12.6 Å². The lowest BCUT2D eigenvalue weighted by atomic mass is 9.75. The molecule has 2 aromatic rings. The molecule has 0 saturated carbocycles. The molecule has 0 saturated heterocycles. The van der Waals surface area contributed by atoms with Crippen molar-refractivity contribution in [3.63, 3.8) is 0 Å². The normalized spacial score (nSPS) is 13.5. The SMILES string of the molecule is Cc1c(C(=O)NC(C(=O)OCc2ccc(C#N)cc2)C(C)C)ccc2c1B(O)OC2. The first-order chi connectivity index (χ1) is 14.3. The smallest absolute Gasteiger partial charge is 0.459 e. The van der Waals surface area contributed by atoms with Crippen LogP contribution in [0.3, 0.4) is 0 Å². The lowest BCUT2D eigenvalue weighted by molar-refractivity contribution is -0.148. The summed E-state index contributed by atoms with van der Waals surface area (Å²) in [4.78, 5) is 25.5. The number of rotatable bonds is 6. The summed E-state index contributed by atoms with van der Waals surface area (Å²) in [7, 11) is -1.05. The van der Waals surface area contributed by atoms with Crippen LogP contribution in [0.1, 0.15) is 46.5 Å².